The highest BCUT2D eigenvalue weighted by atomic mass is 35.5. The number of carbonyl (C=O) groups excluding carboxylic acids is 4. The van der Waals surface area contributed by atoms with Gasteiger partial charge in [0.15, 0.2) is 15.6 Å². The van der Waals surface area contributed by atoms with Crippen molar-refractivity contribution in [3.05, 3.63) is 46.3 Å². The summed E-state index contributed by atoms with van der Waals surface area (Å²) in [4.78, 5) is 61.1. The second-order valence-corrected chi connectivity index (χ2v) is 16.3. The Morgan fingerprint density at radius 1 is 0.922 bits per heavy atom. The van der Waals surface area contributed by atoms with Gasteiger partial charge in [-0.2, -0.15) is 0 Å². The van der Waals surface area contributed by atoms with Gasteiger partial charge in [0.25, 0.3) is 0 Å². The van der Waals surface area contributed by atoms with Crippen molar-refractivity contribution in [1.82, 2.24) is 10.6 Å². The Balaban J connectivity index is 1.77. The molecule has 2 aliphatic rings. The van der Waals surface area contributed by atoms with Crippen molar-refractivity contribution >= 4 is 51.5 Å². The quantitative estimate of drug-likeness (QED) is 0.206. The summed E-state index contributed by atoms with van der Waals surface area (Å²) in [5.74, 6) is -6.59. The Kier molecular flexibility index (Phi) is 13.4. The van der Waals surface area contributed by atoms with Gasteiger partial charge in [-0.1, -0.05) is 17.7 Å². The largest absolute Gasteiger partial charge is 0.478 e. The lowest BCUT2D eigenvalue weighted by Crippen LogP contribution is -2.41. The number of sulfone groups is 1. The number of rotatable bonds is 12. The summed E-state index contributed by atoms with van der Waals surface area (Å²) in [7, 11) is -4.23. The molecule has 1 unspecified atom stereocenters. The summed E-state index contributed by atoms with van der Waals surface area (Å²) in [6, 6.07) is 3.16. The van der Waals surface area contributed by atoms with E-state index in [4.69, 9.17) is 40.0 Å². The van der Waals surface area contributed by atoms with Crippen molar-refractivity contribution in [3.8, 4) is 0 Å². The first-order valence-electron chi connectivity index (χ1n) is 15.7. The van der Waals surface area contributed by atoms with Crippen LogP contribution in [0, 0.1) is 5.82 Å². The molecule has 3 N–H and O–H groups in total. The third-order valence-corrected chi connectivity index (χ3v) is 9.44. The zero-order valence-corrected chi connectivity index (χ0v) is 30.5. The van der Waals surface area contributed by atoms with Crippen LogP contribution in [0.25, 0.3) is 0 Å². The van der Waals surface area contributed by atoms with Gasteiger partial charge in [0.1, 0.15) is 55.5 Å². The van der Waals surface area contributed by atoms with Gasteiger partial charge in [-0.15, -0.1) is 0 Å². The highest BCUT2D eigenvalue weighted by molar-refractivity contribution is 7.91. The molecule has 1 aromatic rings. The summed E-state index contributed by atoms with van der Waals surface area (Å²) in [5, 5.41) is 12.9. The molecule has 1 aliphatic heterocycles. The van der Waals surface area contributed by atoms with Crippen LogP contribution in [-0.4, -0.2) is 104 Å². The summed E-state index contributed by atoms with van der Waals surface area (Å²) < 4.78 is 73.1. The Bertz CT molecular complexity index is 1580. The Morgan fingerprint density at radius 3 is 1.84 bits per heavy atom. The molecule has 284 valence electrons. The maximum absolute atomic E-state index is 13.5. The molecule has 1 saturated heterocycles. The number of aliphatic carboxylic acids is 1. The van der Waals surface area contributed by atoms with E-state index >= 15 is 0 Å². The van der Waals surface area contributed by atoms with Crippen LogP contribution in [0.5, 0.6) is 0 Å². The molecule has 0 saturated carbocycles. The van der Waals surface area contributed by atoms with Gasteiger partial charge < -0.3 is 44.2 Å². The minimum absolute atomic E-state index is 0.0718. The molecule has 1 aliphatic carbocycles. The molecule has 1 spiro atoms. The number of esters is 2. The van der Waals surface area contributed by atoms with Gasteiger partial charge in [0.2, 0.25) is 0 Å². The smallest absolute Gasteiger partial charge is 0.408 e. The summed E-state index contributed by atoms with van der Waals surface area (Å²) >= 11 is 6.03. The van der Waals surface area contributed by atoms with Gasteiger partial charge in [-0.3, -0.25) is 9.59 Å². The molecular formula is C32H42ClFN2O14S. The number of alkyl carbamates (subject to hydrolysis) is 2. The molecule has 3 rings (SSSR count). The average Bonchev–Trinajstić information content (AvgIpc) is 3.32. The number of hydrogen-bond acceptors (Lipinski definition) is 13. The first-order chi connectivity index (χ1) is 23.5. The van der Waals surface area contributed by atoms with Crippen LogP contribution in [0.2, 0.25) is 5.02 Å². The lowest BCUT2D eigenvalue weighted by atomic mass is 9.94. The molecule has 16 nitrogen and oxygen atoms in total. The number of nitrogens with one attached hydrogen (secondary N) is 2. The number of benzene rings is 1. The fraction of sp³-hybridized carbons (Fsp3) is 0.594. The Hall–Kier alpha value is -4.00. The minimum atomic E-state index is -4.23. The van der Waals surface area contributed by atoms with E-state index in [1.54, 1.807) is 41.5 Å². The monoisotopic (exact) mass is 764 g/mol. The van der Waals surface area contributed by atoms with Crippen LogP contribution in [0.15, 0.2) is 29.8 Å². The number of halogens is 2. The van der Waals surface area contributed by atoms with Crippen LogP contribution in [0.4, 0.5) is 14.0 Å². The second kappa shape index (κ2) is 16.6. The maximum atomic E-state index is 13.5. The first-order valence-corrected chi connectivity index (χ1v) is 17.8. The van der Waals surface area contributed by atoms with Gasteiger partial charge in [-0.05, 0) is 71.7 Å². The Morgan fingerprint density at radius 2 is 1.41 bits per heavy atom. The van der Waals surface area contributed by atoms with Gasteiger partial charge >= 0.3 is 30.1 Å². The van der Waals surface area contributed by atoms with Crippen LogP contribution < -0.4 is 10.6 Å². The molecule has 1 fully saturated rings. The van der Waals surface area contributed by atoms with Crippen LogP contribution in [-0.2, 0) is 58.4 Å². The lowest BCUT2D eigenvalue weighted by molar-refractivity contribution is -0.163. The van der Waals surface area contributed by atoms with E-state index < -0.39 is 118 Å². The van der Waals surface area contributed by atoms with Crippen molar-refractivity contribution < 1.29 is 70.3 Å². The third-order valence-electron chi connectivity index (χ3n) is 7.01. The maximum Gasteiger partial charge on any atom is 0.408 e. The van der Waals surface area contributed by atoms with Crippen LogP contribution >= 0.6 is 11.6 Å². The number of carboxylic acid groups (broad SMARTS) is 1. The average molecular weight is 765 g/mol. The minimum Gasteiger partial charge on any atom is -0.478 e. The fourth-order valence-electron chi connectivity index (χ4n) is 4.95. The van der Waals surface area contributed by atoms with E-state index in [0.717, 1.165) is 18.2 Å². The van der Waals surface area contributed by atoms with Gasteiger partial charge in [0.05, 0.1) is 16.6 Å². The zero-order valence-electron chi connectivity index (χ0n) is 28.9. The van der Waals surface area contributed by atoms with Crippen LogP contribution in [0.3, 0.4) is 0 Å². The second-order valence-electron chi connectivity index (χ2n) is 13.7. The molecular weight excluding hydrogens is 723 g/mol. The van der Waals surface area contributed by atoms with Crippen molar-refractivity contribution in [2.75, 3.05) is 26.3 Å². The van der Waals surface area contributed by atoms with E-state index in [0.29, 0.717) is 0 Å². The number of carboxylic acids is 1. The van der Waals surface area contributed by atoms with Crippen molar-refractivity contribution in [2.45, 2.75) is 94.6 Å². The van der Waals surface area contributed by atoms with Crippen molar-refractivity contribution in [3.63, 3.8) is 0 Å². The van der Waals surface area contributed by atoms with Gasteiger partial charge in [0, 0.05) is 11.4 Å². The standard InChI is InChI=1S/C32H42ClFN2O14S/c1-30(2,3)49-28(41)35-13-25(37)45-15-22-23(16-46-26(38)14-36-29(42)50-31(4,5)6)48-32(47-22)10-9-24(20(12-32)27(39)40)51(43,44)17-18-7-8-19(34)11-21(18)33/h7-8,11-12,22-24H,9-10,13-17H2,1-6H3,(H,35,41)(H,36,42)(H,39,40)/t22-,23-,24?/m1/s1. The molecule has 1 aromatic carbocycles. The van der Waals surface area contributed by atoms with Gasteiger partial charge in [-0.25, -0.2) is 27.2 Å². The number of amides is 2. The molecule has 51 heavy (non-hydrogen) atoms. The molecule has 0 aromatic heterocycles. The van der Waals surface area contributed by atoms with E-state index in [1.165, 1.54) is 6.07 Å². The zero-order chi connectivity index (χ0) is 38.4. The van der Waals surface area contributed by atoms with Crippen molar-refractivity contribution in [2.24, 2.45) is 0 Å². The summed E-state index contributed by atoms with van der Waals surface area (Å²) in [6.07, 6.45) is -3.60. The Labute approximate surface area is 299 Å². The number of hydrogen-bond donors (Lipinski definition) is 3. The van der Waals surface area contributed by atoms with E-state index in [2.05, 4.69) is 10.6 Å². The number of carbonyl (C=O) groups is 5. The lowest BCUT2D eigenvalue weighted by Gasteiger charge is -2.33. The van der Waals surface area contributed by atoms with Crippen molar-refractivity contribution in [1.29, 1.82) is 0 Å². The third kappa shape index (κ3) is 12.9. The normalized spacial score (nSPS) is 20.2. The van der Waals surface area contributed by atoms with E-state index in [1.807, 2.05) is 0 Å². The SMILES string of the molecule is CC(C)(C)OC(=O)NCC(=O)OC[C@H]1OC2(C=C(C(=O)O)C(S(=O)(=O)Cc3ccc(F)cc3Cl)CC2)O[C@@H]1COC(=O)CNC(=O)OC(C)(C)C. The number of ether oxygens (including phenoxy) is 6. The van der Waals surface area contributed by atoms with E-state index in [-0.39, 0.29) is 23.4 Å². The highest BCUT2D eigenvalue weighted by Crippen LogP contribution is 2.42. The summed E-state index contributed by atoms with van der Waals surface area (Å²) in [6.45, 7) is 7.60. The molecule has 1 heterocycles. The molecule has 0 radical (unpaired) electrons. The molecule has 19 heteroatoms. The topological polar surface area (TPSA) is 219 Å². The van der Waals surface area contributed by atoms with Crippen LogP contribution in [0.1, 0.15) is 59.9 Å². The fourth-order valence-corrected chi connectivity index (χ4v) is 7.18. The summed E-state index contributed by atoms with van der Waals surface area (Å²) in [5.41, 5.74) is -2.14. The predicted molar refractivity (Wildman–Crippen MR) is 176 cm³/mol. The first kappa shape index (κ1) is 41.4. The molecule has 3 atom stereocenters. The van der Waals surface area contributed by atoms with E-state index in [9.17, 15) is 41.9 Å². The molecule has 2 amide bonds. The highest BCUT2D eigenvalue weighted by Gasteiger charge is 2.52. The predicted octanol–water partition coefficient (Wildman–Crippen LogP) is 3.18. The molecule has 0 bridgehead atoms.